The van der Waals surface area contributed by atoms with Crippen LogP contribution in [0.15, 0.2) is 24.3 Å². The Balaban J connectivity index is 1.43. The van der Waals surface area contributed by atoms with Crippen LogP contribution in [0.3, 0.4) is 0 Å². The average molecular weight is 417 g/mol. The number of fused-ring (bicyclic) bond motifs is 1. The molecule has 0 aromatic heterocycles. The fourth-order valence-corrected chi connectivity index (χ4v) is 3.59. The largest absolute Gasteiger partial charge is 0.482 e. The fraction of sp³-hybridized carbons (Fsp3) is 0.524. The minimum atomic E-state index is -1.12. The maximum atomic E-state index is 12.1. The number of anilines is 1. The molecule has 1 atom stereocenters. The van der Waals surface area contributed by atoms with Gasteiger partial charge in [0.15, 0.2) is 12.7 Å². The van der Waals surface area contributed by atoms with Crippen LogP contribution in [0.5, 0.6) is 5.75 Å². The van der Waals surface area contributed by atoms with E-state index in [1.165, 1.54) is 11.8 Å². The van der Waals surface area contributed by atoms with Crippen molar-refractivity contribution in [2.75, 3.05) is 18.1 Å². The van der Waals surface area contributed by atoms with E-state index in [1.807, 2.05) is 0 Å². The standard InChI is InChI=1S/C21H27N3O6/c1-14(20(27)23-21(28)22-15-7-3-2-4-8-15)30-19(26)11-12-24-16-9-5-6-10-17(16)29-13-18(24)25/h5-6,9-10,14-15H,2-4,7-8,11-13H2,1H3,(H2,22,23,27,28)/t14-/m1/s1. The fourth-order valence-electron chi connectivity index (χ4n) is 3.59. The van der Waals surface area contributed by atoms with Gasteiger partial charge in [-0.15, -0.1) is 0 Å². The van der Waals surface area contributed by atoms with Gasteiger partial charge in [-0.1, -0.05) is 31.4 Å². The smallest absolute Gasteiger partial charge is 0.321 e. The summed E-state index contributed by atoms with van der Waals surface area (Å²) in [5.74, 6) is -1.01. The minimum Gasteiger partial charge on any atom is -0.482 e. The molecule has 30 heavy (non-hydrogen) atoms. The molecular weight excluding hydrogens is 390 g/mol. The van der Waals surface area contributed by atoms with Gasteiger partial charge in [0, 0.05) is 12.6 Å². The lowest BCUT2D eigenvalue weighted by molar-refractivity contribution is -0.154. The predicted molar refractivity (Wildman–Crippen MR) is 108 cm³/mol. The van der Waals surface area contributed by atoms with Crippen molar-refractivity contribution in [1.29, 1.82) is 0 Å². The van der Waals surface area contributed by atoms with E-state index in [4.69, 9.17) is 9.47 Å². The van der Waals surface area contributed by atoms with E-state index in [1.54, 1.807) is 24.3 Å². The van der Waals surface area contributed by atoms with Gasteiger partial charge >= 0.3 is 12.0 Å². The van der Waals surface area contributed by atoms with E-state index in [2.05, 4.69) is 10.6 Å². The summed E-state index contributed by atoms with van der Waals surface area (Å²) in [4.78, 5) is 49.8. The molecule has 1 aliphatic heterocycles. The van der Waals surface area contributed by atoms with Crippen molar-refractivity contribution in [2.45, 2.75) is 57.6 Å². The Labute approximate surface area is 175 Å². The summed E-state index contributed by atoms with van der Waals surface area (Å²) in [5.41, 5.74) is 0.590. The third kappa shape index (κ3) is 5.71. The van der Waals surface area contributed by atoms with Crippen LogP contribution in [0, 0.1) is 0 Å². The zero-order chi connectivity index (χ0) is 21.5. The van der Waals surface area contributed by atoms with Crippen LogP contribution in [0.4, 0.5) is 10.5 Å². The lowest BCUT2D eigenvalue weighted by Gasteiger charge is -2.29. The van der Waals surface area contributed by atoms with Crippen LogP contribution in [0.2, 0.25) is 0 Å². The van der Waals surface area contributed by atoms with Gasteiger partial charge in [-0.3, -0.25) is 19.7 Å². The predicted octanol–water partition coefficient (Wildman–Crippen LogP) is 1.89. The van der Waals surface area contributed by atoms with Crippen molar-refractivity contribution in [3.63, 3.8) is 0 Å². The molecule has 0 saturated heterocycles. The maximum absolute atomic E-state index is 12.1. The summed E-state index contributed by atoms with van der Waals surface area (Å²) in [7, 11) is 0. The van der Waals surface area contributed by atoms with Crippen molar-refractivity contribution in [2.24, 2.45) is 0 Å². The van der Waals surface area contributed by atoms with Gasteiger partial charge in [-0.05, 0) is 31.9 Å². The van der Waals surface area contributed by atoms with E-state index >= 15 is 0 Å². The van der Waals surface area contributed by atoms with Gasteiger partial charge in [0.1, 0.15) is 5.75 Å². The zero-order valence-corrected chi connectivity index (χ0v) is 17.0. The highest BCUT2D eigenvalue weighted by Gasteiger charge is 2.27. The molecule has 9 nitrogen and oxygen atoms in total. The van der Waals surface area contributed by atoms with Crippen LogP contribution in [-0.4, -0.2) is 49.1 Å². The molecule has 2 N–H and O–H groups in total. The van der Waals surface area contributed by atoms with Crippen molar-refractivity contribution in [1.82, 2.24) is 10.6 Å². The zero-order valence-electron chi connectivity index (χ0n) is 17.0. The number of nitrogens with zero attached hydrogens (tertiary/aromatic N) is 1. The monoisotopic (exact) mass is 417 g/mol. The van der Waals surface area contributed by atoms with Gasteiger partial charge in [-0.25, -0.2) is 4.79 Å². The summed E-state index contributed by atoms with van der Waals surface area (Å²) in [6.07, 6.45) is 3.86. The van der Waals surface area contributed by atoms with Gasteiger partial charge in [-0.2, -0.15) is 0 Å². The number of hydrogen-bond donors (Lipinski definition) is 2. The Hall–Kier alpha value is -3.10. The summed E-state index contributed by atoms with van der Waals surface area (Å²) >= 11 is 0. The molecule has 1 fully saturated rings. The number of hydrogen-bond acceptors (Lipinski definition) is 6. The van der Waals surface area contributed by atoms with Crippen molar-refractivity contribution in [3.05, 3.63) is 24.3 Å². The first kappa shape index (κ1) is 21.6. The highest BCUT2D eigenvalue weighted by atomic mass is 16.5. The second kappa shape index (κ2) is 10.1. The summed E-state index contributed by atoms with van der Waals surface area (Å²) in [6, 6.07) is 6.54. The molecule has 0 spiro atoms. The summed E-state index contributed by atoms with van der Waals surface area (Å²) in [6.45, 7) is 1.41. The number of amides is 4. The molecule has 1 aromatic rings. The van der Waals surface area contributed by atoms with Crippen molar-refractivity contribution < 1.29 is 28.7 Å². The van der Waals surface area contributed by atoms with Gasteiger partial charge in [0.25, 0.3) is 11.8 Å². The molecule has 0 bridgehead atoms. The molecule has 4 amide bonds. The molecule has 0 radical (unpaired) electrons. The number of benzene rings is 1. The minimum absolute atomic E-state index is 0.0679. The normalized spacial score (nSPS) is 17.4. The van der Waals surface area contributed by atoms with Gasteiger partial charge in [0.05, 0.1) is 12.1 Å². The second-order valence-corrected chi connectivity index (χ2v) is 7.48. The first-order valence-electron chi connectivity index (χ1n) is 10.3. The molecule has 1 saturated carbocycles. The van der Waals surface area contributed by atoms with Gasteiger partial charge < -0.3 is 19.7 Å². The lowest BCUT2D eigenvalue weighted by Crippen LogP contribution is -2.48. The third-order valence-electron chi connectivity index (χ3n) is 5.20. The van der Waals surface area contributed by atoms with Crippen LogP contribution in [0.1, 0.15) is 45.4 Å². The number of ether oxygens (including phenoxy) is 2. The van der Waals surface area contributed by atoms with Crippen LogP contribution in [-0.2, 0) is 19.1 Å². The molecule has 0 unspecified atom stereocenters. The topological polar surface area (TPSA) is 114 Å². The third-order valence-corrected chi connectivity index (χ3v) is 5.20. The van der Waals surface area contributed by atoms with Crippen LogP contribution in [0.25, 0.3) is 0 Å². The quantitative estimate of drug-likeness (QED) is 0.684. The molecule has 2 aliphatic rings. The highest BCUT2D eigenvalue weighted by Crippen LogP contribution is 2.31. The maximum Gasteiger partial charge on any atom is 0.321 e. The number of nitrogens with one attached hydrogen (secondary N) is 2. The number of rotatable bonds is 6. The number of imide groups is 1. The van der Waals surface area contributed by atoms with E-state index in [-0.39, 0.29) is 31.5 Å². The Morgan fingerprint density at radius 1 is 1.20 bits per heavy atom. The molecule has 1 aliphatic carbocycles. The van der Waals surface area contributed by atoms with E-state index < -0.39 is 24.0 Å². The number of urea groups is 1. The highest BCUT2D eigenvalue weighted by molar-refractivity contribution is 5.99. The number of para-hydroxylation sites is 2. The summed E-state index contributed by atoms with van der Waals surface area (Å²) < 4.78 is 10.5. The molecule has 3 rings (SSSR count). The Morgan fingerprint density at radius 3 is 2.70 bits per heavy atom. The van der Waals surface area contributed by atoms with E-state index in [0.29, 0.717) is 11.4 Å². The van der Waals surface area contributed by atoms with Gasteiger partial charge in [0.2, 0.25) is 0 Å². The van der Waals surface area contributed by atoms with E-state index in [0.717, 1.165) is 32.1 Å². The first-order valence-corrected chi connectivity index (χ1v) is 10.3. The molecule has 162 valence electrons. The summed E-state index contributed by atoms with van der Waals surface area (Å²) in [5, 5.41) is 4.98. The molecule has 9 heteroatoms. The number of carbonyl (C=O) groups excluding carboxylic acids is 4. The lowest BCUT2D eigenvalue weighted by atomic mass is 9.96. The average Bonchev–Trinajstić information content (AvgIpc) is 2.73. The van der Waals surface area contributed by atoms with Crippen LogP contribution >= 0.6 is 0 Å². The molecule has 1 heterocycles. The van der Waals surface area contributed by atoms with Crippen LogP contribution < -0.4 is 20.3 Å². The SMILES string of the molecule is C[C@@H](OC(=O)CCN1C(=O)COc2ccccc21)C(=O)NC(=O)NC1CCCCC1. The second-order valence-electron chi connectivity index (χ2n) is 7.48. The Morgan fingerprint density at radius 2 is 1.93 bits per heavy atom. The van der Waals surface area contributed by atoms with Crippen molar-refractivity contribution >= 4 is 29.5 Å². The Kier molecular flexibility index (Phi) is 7.26. The Bertz CT molecular complexity index is 806. The molecule has 1 aromatic carbocycles. The van der Waals surface area contributed by atoms with E-state index in [9.17, 15) is 19.2 Å². The number of carbonyl (C=O) groups is 4. The first-order chi connectivity index (χ1) is 14.4. The molecular formula is C21H27N3O6. The van der Waals surface area contributed by atoms with Crippen molar-refractivity contribution in [3.8, 4) is 5.75 Å². The number of esters is 1.